The summed E-state index contributed by atoms with van der Waals surface area (Å²) in [4.78, 5) is 12.1. The molecule has 0 unspecified atom stereocenters. The van der Waals surface area contributed by atoms with Crippen molar-refractivity contribution in [2.75, 3.05) is 19.8 Å². The van der Waals surface area contributed by atoms with Gasteiger partial charge in [-0.05, 0) is 31.4 Å². The highest BCUT2D eigenvalue weighted by Gasteiger charge is 2.34. The fraction of sp³-hybridized carbons (Fsp3) is 0.588. The fourth-order valence-corrected chi connectivity index (χ4v) is 2.57. The molecule has 134 valence electrons. The fourth-order valence-electron chi connectivity index (χ4n) is 2.57. The van der Waals surface area contributed by atoms with Gasteiger partial charge in [0.25, 0.3) is 0 Å². The SMILES string of the molecule is CC[C@H](CNC(=O)C1CCOCC1)Oc1ccccc1C(F)(F)F. The lowest BCUT2D eigenvalue weighted by molar-refractivity contribution is -0.139. The van der Waals surface area contributed by atoms with Crippen LogP contribution in [0.1, 0.15) is 31.7 Å². The van der Waals surface area contributed by atoms with Gasteiger partial charge < -0.3 is 14.8 Å². The van der Waals surface area contributed by atoms with Crippen molar-refractivity contribution in [1.82, 2.24) is 5.32 Å². The molecule has 24 heavy (non-hydrogen) atoms. The van der Waals surface area contributed by atoms with Crippen LogP contribution in [-0.4, -0.2) is 31.8 Å². The van der Waals surface area contributed by atoms with Gasteiger partial charge in [0, 0.05) is 19.1 Å². The third kappa shape index (κ3) is 5.12. The second kappa shape index (κ2) is 8.37. The maximum absolute atomic E-state index is 13.0. The van der Waals surface area contributed by atoms with Crippen molar-refractivity contribution in [1.29, 1.82) is 0 Å². The first kappa shape index (κ1) is 18.6. The maximum Gasteiger partial charge on any atom is 0.419 e. The molecular weight excluding hydrogens is 323 g/mol. The average Bonchev–Trinajstić information content (AvgIpc) is 2.58. The Kier molecular flexibility index (Phi) is 6.48. The predicted octanol–water partition coefficient (Wildman–Crippen LogP) is 3.41. The topological polar surface area (TPSA) is 47.6 Å². The van der Waals surface area contributed by atoms with Gasteiger partial charge in [-0.15, -0.1) is 0 Å². The molecule has 1 aliphatic heterocycles. The smallest absolute Gasteiger partial charge is 0.419 e. The van der Waals surface area contributed by atoms with Gasteiger partial charge in [-0.3, -0.25) is 4.79 Å². The number of nitrogens with one attached hydrogen (secondary N) is 1. The lowest BCUT2D eigenvalue weighted by Gasteiger charge is -2.24. The van der Waals surface area contributed by atoms with E-state index in [-0.39, 0.29) is 24.1 Å². The molecule has 1 aromatic carbocycles. The van der Waals surface area contributed by atoms with Gasteiger partial charge in [-0.2, -0.15) is 13.2 Å². The number of para-hydroxylation sites is 1. The lowest BCUT2D eigenvalue weighted by Crippen LogP contribution is -2.40. The summed E-state index contributed by atoms with van der Waals surface area (Å²) < 4.78 is 49.7. The van der Waals surface area contributed by atoms with E-state index in [0.717, 1.165) is 6.07 Å². The minimum Gasteiger partial charge on any atom is -0.488 e. The molecule has 0 radical (unpaired) electrons. The highest BCUT2D eigenvalue weighted by Crippen LogP contribution is 2.36. The number of benzene rings is 1. The Labute approximate surface area is 139 Å². The Morgan fingerprint density at radius 1 is 1.33 bits per heavy atom. The van der Waals surface area contributed by atoms with Crippen molar-refractivity contribution < 1.29 is 27.4 Å². The third-order valence-corrected chi connectivity index (χ3v) is 4.04. The molecule has 0 bridgehead atoms. The molecule has 0 saturated carbocycles. The number of carbonyl (C=O) groups is 1. The van der Waals surface area contributed by atoms with E-state index in [1.807, 2.05) is 6.92 Å². The zero-order valence-corrected chi connectivity index (χ0v) is 13.6. The Bertz CT molecular complexity index is 542. The summed E-state index contributed by atoms with van der Waals surface area (Å²) in [6, 6.07) is 5.11. The van der Waals surface area contributed by atoms with E-state index in [9.17, 15) is 18.0 Å². The zero-order chi connectivity index (χ0) is 17.6. The second-order valence-corrected chi connectivity index (χ2v) is 5.77. The van der Waals surface area contributed by atoms with Crippen LogP contribution in [0.25, 0.3) is 0 Å². The molecule has 0 aromatic heterocycles. The van der Waals surface area contributed by atoms with Crippen LogP contribution in [0.5, 0.6) is 5.75 Å². The van der Waals surface area contributed by atoms with E-state index in [4.69, 9.17) is 9.47 Å². The van der Waals surface area contributed by atoms with Crippen molar-refractivity contribution in [3.63, 3.8) is 0 Å². The molecule has 1 aromatic rings. The van der Waals surface area contributed by atoms with Crippen LogP contribution in [0.15, 0.2) is 24.3 Å². The van der Waals surface area contributed by atoms with E-state index in [0.29, 0.717) is 32.5 Å². The Morgan fingerprint density at radius 2 is 2.00 bits per heavy atom. The van der Waals surface area contributed by atoms with Crippen LogP contribution in [-0.2, 0) is 15.7 Å². The molecule has 1 saturated heterocycles. The quantitative estimate of drug-likeness (QED) is 0.860. The first-order valence-electron chi connectivity index (χ1n) is 8.10. The molecule has 0 aliphatic carbocycles. The molecule has 1 N–H and O–H groups in total. The normalized spacial score (nSPS) is 17.3. The standard InChI is InChI=1S/C17H22F3NO3/c1-2-13(11-21-16(22)12-7-9-23-10-8-12)24-15-6-4-3-5-14(15)17(18,19)20/h3-6,12-13H,2,7-11H2,1H3,(H,21,22)/t13-/m1/s1. The summed E-state index contributed by atoms with van der Waals surface area (Å²) in [5, 5.41) is 2.78. The molecule has 0 spiro atoms. The highest BCUT2D eigenvalue weighted by atomic mass is 19.4. The number of halogens is 3. The highest BCUT2D eigenvalue weighted by molar-refractivity contribution is 5.78. The number of hydrogen-bond acceptors (Lipinski definition) is 3. The van der Waals surface area contributed by atoms with Crippen molar-refractivity contribution in [3.05, 3.63) is 29.8 Å². The maximum atomic E-state index is 13.0. The number of hydrogen-bond donors (Lipinski definition) is 1. The third-order valence-electron chi connectivity index (χ3n) is 4.04. The number of amides is 1. The molecule has 1 heterocycles. The number of rotatable bonds is 6. The van der Waals surface area contributed by atoms with Crippen LogP contribution in [0.2, 0.25) is 0 Å². The number of alkyl halides is 3. The summed E-state index contributed by atoms with van der Waals surface area (Å²) >= 11 is 0. The summed E-state index contributed by atoms with van der Waals surface area (Å²) in [7, 11) is 0. The second-order valence-electron chi connectivity index (χ2n) is 5.77. The van der Waals surface area contributed by atoms with Crippen LogP contribution in [0.4, 0.5) is 13.2 Å². The minimum atomic E-state index is -4.47. The first-order chi connectivity index (χ1) is 11.4. The van der Waals surface area contributed by atoms with Gasteiger partial charge in [0.2, 0.25) is 5.91 Å². The summed E-state index contributed by atoms with van der Waals surface area (Å²) in [5.74, 6) is -0.402. The van der Waals surface area contributed by atoms with E-state index < -0.39 is 17.8 Å². The Hall–Kier alpha value is -1.76. The monoisotopic (exact) mass is 345 g/mol. The lowest BCUT2D eigenvalue weighted by atomic mass is 9.99. The minimum absolute atomic E-state index is 0.0931. The van der Waals surface area contributed by atoms with Crippen LogP contribution in [0.3, 0.4) is 0 Å². The molecule has 1 aliphatic rings. The molecule has 7 heteroatoms. The number of ether oxygens (including phenoxy) is 2. The summed E-state index contributed by atoms with van der Waals surface area (Å²) in [6.45, 7) is 3.11. The molecule has 1 atom stereocenters. The van der Waals surface area contributed by atoms with Crippen LogP contribution >= 0.6 is 0 Å². The summed E-state index contributed by atoms with van der Waals surface area (Å²) in [6.07, 6.45) is -3.17. The number of carbonyl (C=O) groups excluding carboxylic acids is 1. The summed E-state index contributed by atoms with van der Waals surface area (Å²) in [5.41, 5.74) is -0.806. The average molecular weight is 345 g/mol. The van der Waals surface area contributed by atoms with Gasteiger partial charge in [0.05, 0.1) is 12.1 Å². The molecule has 4 nitrogen and oxygen atoms in total. The largest absolute Gasteiger partial charge is 0.488 e. The van der Waals surface area contributed by atoms with Crippen molar-refractivity contribution in [3.8, 4) is 5.75 Å². The van der Waals surface area contributed by atoms with E-state index in [1.165, 1.54) is 18.2 Å². The van der Waals surface area contributed by atoms with Crippen LogP contribution in [0, 0.1) is 5.92 Å². The zero-order valence-electron chi connectivity index (χ0n) is 13.6. The van der Waals surface area contributed by atoms with Crippen LogP contribution < -0.4 is 10.1 Å². The van der Waals surface area contributed by atoms with Crippen molar-refractivity contribution in [2.45, 2.75) is 38.5 Å². The first-order valence-corrected chi connectivity index (χ1v) is 8.10. The van der Waals surface area contributed by atoms with E-state index in [2.05, 4.69) is 5.32 Å². The van der Waals surface area contributed by atoms with Gasteiger partial charge >= 0.3 is 6.18 Å². The van der Waals surface area contributed by atoms with Gasteiger partial charge in [-0.1, -0.05) is 19.1 Å². The van der Waals surface area contributed by atoms with Crippen molar-refractivity contribution >= 4 is 5.91 Å². The van der Waals surface area contributed by atoms with E-state index >= 15 is 0 Å². The van der Waals surface area contributed by atoms with Crippen molar-refractivity contribution in [2.24, 2.45) is 5.92 Å². The predicted molar refractivity (Wildman–Crippen MR) is 82.7 cm³/mol. The Morgan fingerprint density at radius 3 is 2.62 bits per heavy atom. The van der Waals surface area contributed by atoms with E-state index in [1.54, 1.807) is 0 Å². The molecule has 1 fully saturated rings. The van der Waals surface area contributed by atoms with Gasteiger partial charge in [0.1, 0.15) is 11.9 Å². The molecule has 2 rings (SSSR count). The van der Waals surface area contributed by atoms with Gasteiger partial charge in [0.15, 0.2) is 0 Å². The van der Waals surface area contributed by atoms with Gasteiger partial charge in [-0.25, -0.2) is 0 Å². The molecular formula is C17H22F3NO3. The molecule has 1 amide bonds. The Balaban J connectivity index is 1.94.